The van der Waals surface area contributed by atoms with E-state index in [-0.39, 0.29) is 11.3 Å². The SMILES string of the molecule is COCCCCNc1ccc([N+](=O)[O-])cc1C(=O)O. The number of aromatic carboxylic acids is 1. The first kappa shape index (κ1) is 14.9. The number of hydrogen-bond acceptors (Lipinski definition) is 5. The highest BCUT2D eigenvalue weighted by molar-refractivity contribution is 5.95. The summed E-state index contributed by atoms with van der Waals surface area (Å²) in [5.74, 6) is -1.19. The van der Waals surface area contributed by atoms with Crippen molar-refractivity contribution in [2.75, 3.05) is 25.6 Å². The molecule has 0 atom stereocenters. The minimum Gasteiger partial charge on any atom is -0.478 e. The Hall–Kier alpha value is -2.15. The monoisotopic (exact) mass is 268 g/mol. The second-order valence-corrected chi connectivity index (χ2v) is 3.92. The van der Waals surface area contributed by atoms with Gasteiger partial charge in [-0.15, -0.1) is 0 Å². The second kappa shape index (κ2) is 7.32. The van der Waals surface area contributed by atoms with Gasteiger partial charge in [-0.2, -0.15) is 0 Å². The van der Waals surface area contributed by atoms with Gasteiger partial charge in [0.25, 0.3) is 5.69 Å². The van der Waals surface area contributed by atoms with E-state index in [4.69, 9.17) is 9.84 Å². The lowest BCUT2D eigenvalue weighted by Crippen LogP contribution is -2.08. The van der Waals surface area contributed by atoms with Crippen LogP contribution >= 0.6 is 0 Å². The van der Waals surface area contributed by atoms with E-state index in [1.54, 1.807) is 7.11 Å². The Bertz CT molecular complexity index is 461. The van der Waals surface area contributed by atoms with Crippen LogP contribution in [0.15, 0.2) is 18.2 Å². The van der Waals surface area contributed by atoms with Gasteiger partial charge in [0, 0.05) is 38.1 Å². The molecular weight excluding hydrogens is 252 g/mol. The van der Waals surface area contributed by atoms with Gasteiger partial charge in [-0.25, -0.2) is 4.79 Å². The van der Waals surface area contributed by atoms with Crippen molar-refractivity contribution in [2.24, 2.45) is 0 Å². The molecule has 1 rings (SSSR count). The zero-order valence-corrected chi connectivity index (χ0v) is 10.6. The van der Waals surface area contributed by atoms with Crippen LogP contribution < -0.4 is 5.32 Å². The number of nitrogens with zero attached hydrogens (tertiary/aromatic N) is 1. The van der Waals surface area contributed by atoms with E-state index in [0.29, 0.717) is 18.8 Å². The number of ether oxygens (including phenoxy) is 1. The van der Waals surface area contributed by atoms with E-state index in [9.17, 15) is 14.9 Å². The van der Waals surface area contributed by atoms with Crippen LogP contribution in [0, 0.1) is 10.1 Å². The number of carboxylic acid groups (broad SMARTS) is 1. The van der Waals surface area contributed by atoms with Crippen molar-refractivity contribution in [1.29, 1.82) is 0 Å². The molecule has 0 saturated carbocycles. The van der Waals surface area contributed by atoms with Gasteiger partial charge in [-0.05, 0) is 18.9 Å². The zero-order valence-electron chi connectivity index (χ0n) is 10.6. The van der Waals surface area contributed by atoms with E-state index in [0.717, 1.165) is 18.9 Å². The first-order valence-electron chi connectivity index (χ1n) is 5.80. The summed E-state index contributed by atoms with van der Waals surface area (Å²) in [6.45, 7) is 1.23. The number of nitro benzene ring substituents is 1. The largest absolute Gasteiger partial charge is 0.478 e. The maximum absolute atomic E-state index is 11.0. The van der Waals surface area contributed by atoms with Crippen LogP contribution in [0.2, 0.25) is 0 Å². The molecule has 0 aliphatic rings. The maximum atomic E-state index is 11.0. The molecule has 0 bridgehead atoms. The molecular formula is C12H16N2O5. The number of methoxy groups -OCH3 is 1. The topological polar surface area (TPSA) is 102 Å². The van der Waals surface area contributed by atoms with E-state index in [1.807, 2.05) is 0 Å². The lowest BCUT2D eigenvalue weighted by Gasteiger charge is -2.09. The fourth-order valence-corrected chi connectivity index (χ4v) is 1.57. The average Bonchev–Trinajstić information content (AvgIpc) is 2.38. The lowest BCUT2D eigenvalue weighted by molar-refractivity contribution is -0.384. The third-order valence-electron chi connectivity index (χ3n) is 2.54. The van der Waals surface area contributed by atoms with E-state index in [2.05, 4.69) is 5.32 Å². The quantitative estimate of drug-likeness (QED) is 0.425. The van der Waals surface area contributed by atoms with E-state index in [1.165, 1.54) is 12.1 Å². The summed E-state index contributed by atoms with van der Waals surface area (Å²) >= 11 is 0. The second-order valence-electron chi connectivity index (χ2n) is 3.92. The number of unbranched alkanes of at least 4 members (excludes halogenated alkanes) is 1. The number of hydrogen-bond donors (Lipinski definition) is 2. The predicted molar refractivity (Wildman–Crippen MR) is 69.7 cm³/mol. The van der Waals surface area contributed by atoms with Crippen molar-refractivity contribution in [3.8, 4) is 0 Å². The van der Waals surface area contributed by atoms with Crippen LogP contribution in [0.5, 0.6) is 0 Å². The van der Waals surface area contributed by atoms with Crippen LogP contribution in [-0.4, -0.2) is 36.3 Å². The number of benzene rings is 1. The summed E-state index contributed by atoms with van der Waals surface area (Å²) < 4.78 is 4.90. The van der Waals surface area contributed by atoms with Crippen molar-refractivity contribution < 1.29 is 19.6 Å². The van der Waals surface area contributed by atoms with Crippen LogP contribution in [-0.2, 0) is 4.74 Å². The van der Waals surface area contributed by atoms with Gasteiger partial charge in [0.1, 0.15) is 0 Å². The van der Waals surface area contributed by atoms with Gasteiger partial charge in [0.05, 0.1) is 10.5 Å². The maximum Gasteiger partial charge on any atom is 0.338 e. The van der Waals surface area contributed by atoms with Gasteiger partial charge < -0.3 is 15.2 Å². The smallest absolute Gasteiger partial charge is 0.338 e. The number of nitrogens with one attached hydrogen (secondary N) is 1. The molecule has 1 aromatic rings. The average molecular weight is 268 g/mol. The molecule has 0 amide bonds. The third-order valence-corrected chi connectivity index (χ3v) is 2.54. The predicted octanol–water partition coefficient (Wildman–Crippen LogP) is 2.13. The summed E-state index contributed by atoms with van der Waals surface area (Å²) in [5.41, 5.74) is 0.0544. The van der Waals surface area contributed by atoms with Gasteiger partial charge >= 0.3 is 5.97 Å². The molecule has 2 N–H and O–H groups in total. The highest BCUT2D eigenvalue weighted by Gasteiger charge is 2.15. The minimum absolute atomic E-state index is 0.0964. The molecule has 0 aliphatic heterocycles. The summed E-state index contributed by atoms with van der Waals surface area (Å²) in [5, 5.41) is 22.6. The number of rotatable bonds is 8. The van der Waals surface area contributed by atoms with Crippen LogP contribution in [0.3, 0.4) is 0 Å². The van der Waals surface area contributed by atoms with Crippen LogP contribution in [0.25, 0.3) is 0 Å². The summed E-state index contributed by atoms with van der Waals surface area (Å²) in [4.78, 5) is 21.0. The Labute approximate surface area is 110 Å². The highest BCUT2D eigenvalue weighted by atomic mass is 16.6. The van der Waals surface area contributed by atoms with Crippen molar-refractivity contribution in [2.45, 2.75) is 12.8 Å². The van der Waals surface area contributed by atoms with Gasteiger partial charge in [0.15, 0.2) is 0 Å². The van der Waals surface area contributed by atoms with Crippen LogP contribution in [0.1, 0.15) is 23.2 Å². The third kappa shape index (κ3) is 4.55. The fourth-order valence-electron chi connectivity index (χ4n) is 1.57. The molecule has 0 aromatic heterocycles. The molecule has 0 aliphatic carbocycles. The number of carbonyl (C=O) groups is 1. The number of non-ortho nitro benzene ring substituents is 1. The number of carboxylic acids is 1. The number of anilines is 1. The molecule has 7 heteroatoms. The van der Waals surface area contributed by atoms with Crippen LogP contribution in [0.4, 0.5) is 11.4 Å². The minimum atomic E-state index is -1.19. The van der Waals surface area contributed by atoms with Gasteiger partial charge in [-0.1, -0.05) is 0 Å². The highest BCUT2D eigenvalue weighted by Crippen LogP contribution is 2.22. The lowest BCUT2D eigenvalue weighted by atomic mass is 10.1. The van der Waals surface area contributed by atoms with Crippen molar-refractivity contribution in [1.82, 2.24) is 0 Å². The first-order chi connectivity index (χ1) is 9.06. The molecule has 0 saturated heterocycles. The summed E-state index contributed by atoms with van der Waals surface area (Å²) in [7, 11) is 1.62. The molecule has 0 spiro atoms. The standard InChI is InChI=1S/C12H16N2O5/c1-19-7-3-2-6-13-11-5-4-9(14(17)18)8-10(11)12(15)16/h4-5,8,13H,2-3,6-7H2,1H3,(H,15,16). The molecule has 104 valence electrons. The van der Waals surface area contributed by atoms with E-state index < -0.39 is 10.9 Å². The Balaban J connectivity index is 2.71. The summed E-state index contributed by atoms with van der Waals surface area (Å²) in [6.07, 6.45) is 1.68. The van der Waals surface area contributed by atoms with E-state index >= 15 is 0 Å². The molecule has 7 nitrogen and oxygen atoms in total. The molecule has 0 fully saturated rings. The Morgan fingerprint density at radius 2 is 2.21 bits per heavy atom. The number of nitro groups is 1. The normalized spacial score (nSPS) is 10.2. The molecule has 0 unspecified atom stereocenters. The van der Waals surface area contributed by atoms with Gasteiger partial charge in [-0.3, -0.25) is 10.1 Å². The molecule has 0 radical (unpaired) electrons. The molecule has 19 heavy (non-hydrogen) atoms. The Morgan fingerprint density at radius 1 is 1.47 bits per heavy atom. The molecule has 1 aromatic carbocycles. The fraction of sp³-hybridized carbons (Fsp3) is 0.417. The van der Waals surface area contributed by atoms with Crippen molar-refractivity contribution in [3.05, 3.63) is 33.9 Å². The summed E-state index contributed by atoms with van der Waals surface area (Å²) in [6, 6.07) is 3.75. The van der Waals surface area contributed by atoms with Crippen molar-refractivity contribution in [3.63, 3.8) is 0 Å². The first-order valence-corrected chi connectivity index (χ1v) is 5.80. The Morgan fingerprint density at radius 3 is 2.79 bits per heavy atom. The Kier molecular flexibility index (Phi) is 5.74. The van der Waals surface area contributed by atoms with Crippen molar-refractivity contribution >= 4 is 17.3 Å². The molecule has 0 heterocycles. The van der Waals surface area contributed by atoms with Gasteiger partial charge in [0.2, 0.25) is 0 Å². The zero-order chi connectivity index (χ0) is 14.3.